The summed E-state index contributed by atoms with van der Waals surface area (Å²) in [7, 11) is 0. The standard InChI is InChI=1S/C21H20FN3O/c1-14(26)25-11-9-21(17-7-6-16(22)12-15(17)13-25)24-20-8-10-23-19-5-3-2-4-18(19)20/h2-8,10,12,21H,9,11,13H2,1H3,(H,23,24). The van der Waals surface area contributed by atoms with Crippen LogP contribution in [0.3, 0.4) is 0 Å². The van der Waals surface area contributed by atoms with Crippen LogP contribution in [0.1, 0.15) is 30.5 Å². The molecule has 1 amide bonds. The van der Waals surface area contributed by atoms with E-state index in [4.69, 9.17) is 0 Å². The van der Waals surface area contributed by atoms with Crippen molar-refractivity contribution >= 4 is 22.5 Å². The van der Waals surface area contributed by atoms with Crippen molar-refractivity contribution in [1.29, 1.82) is 0 Å². The minimum absolute atomic E-state index is 0.000700. The number of pyridine rings is 1. The first-order valence-electron chi connectivity index (χ1n) is 8.76. The van der Waals surface area contributed by atoms with Crippen molar-refractivity contribution in [2.24, 2.45) is 0 Å². The van der Waals surface area contributed by atoms with Gasteiger partial charge in [0.1, 0.15) is 5.82 Å². The molecule has 0 bridgehead atoms. The summed E-state index contributed by atoms with van der Waals surface area (Å²) in [6.07, 6.45) is 2.55. The average Bonchev–Trinajstić information content (AvgIpc) is 2.81. The molecule has 3 aromatic rings. The highest BCUT2D eigenvalue weighted by Crippen LogP contribution is 2.32. The molecule has 2 heterocycles. The lowest BCUT2D eigenvalue weighted by Crippen LogP contribution is -2.28. The molecule has 0 saturated heterocycles. The predicted octanol–water partition coefficient (Wildman–Crippen LogP) is 4.28. The van der Waals surface area contributed by atoms with Gasteiger partial charge >= 0.3 is 0 Å². The molecule has 0 fully saturated rings. The fraction of sp³-hybridized carbons (Fsp3) is 0.238. The van der Waals surface area contributed by atoms with E-state index in [-0.39, 0.29) is 17.8 Å². The highest BCUT2D eigenvalue weighted by molar-refractivity contribution is 5.91. The zero-order chi connectivity index (χ0) is 18.1. The van der Waals surface area contributed by atoms with E-state index in [1.165, 1.54) is 12.1 Å². The van der Waals surface area contributed by atoms with Crippen molar-refractivity contribution in [3.05, 3.63) is 71.7 Å². The third-order valence-electron chi connectivity index (χ3n) is 4.95. The molecule has 1 aromatic heterocycles. The second-order valence-electron chi connectivity index (χ2n) is 6.64. The summed E-state index contributed by atoms with van der Waals surface area (Å²) in [5.74, 6) is -0.266. The summed E-state index contributed by atoms with van der Waals surface area (Å²) in [4.78, 5) is 18.1. The SMILES string of the molecule is CC(=O)N1CCC(Nc2ccnc3ccccc23)c2ccc(F)cc2C1. The number of rotatable bonds is 2. The lowest BCUT2D eigenvalue weighted by atomic mass is 9.98. The number of nitrogens with zero attached hydrogens (tertiary/aromatic N) is 2. The van der Waals surface area contributed by atoms with Gasteiger partial charge in [-0.25, -0.2) is 4.39 Å². The zero-order valence-electron chi connectivity index (χ0n) is 14.6. The number of benzene rings is 2. The number of nitrogens with one attached hydrogen (secondary N) is 1. The maximum Gasteiger partial charge on any atom is 0.219 e. The van der Waals surface area contributed by atoms with E-state index >= 15 is 0 Å². The van der Waals surface area contributed by atoms with Gasteiger partial charge in [0.25, 0.3) is 0 Å². The molecule has 5 heteroatoms. The second-order valence-corrected chi connectivity index (χ2v) is 6.64. The summed E-state index contributed by atoms with van der Waals surface area (Å²) >= 11 is 0. The number of para-hydroxylation sites is 1. The average molecular weight is 349 g/mol. The fourth-order valence-electron chi connectivity index (χ4n) is 3.60. The molecule has 1 N–H and O–H groups in total. The fourth-order valence-corrected chi connectivity index (χ4v) is 3.60. The number of amides is 1. The van der Waals surface area contributed by atoms with Crippen molar-refractivity contribution in [1.82, 2.24) is 9.88 Å². The van der Waals surface area contributed by atoms with Crippen molar-refractivity contribution in [3.63, 3.8) is 0 Å². The Kier molecular flexibility index (Phi) is 4.29. The van der Waals surface area contributed by atoms with Crippen LogP contribution >= 0.6 is 0 Å². The Bertz CT molecular complexity index is 967. The minimum atomic E-state index is -0.276. The topological polar surface area (TPSA) is 45.2 Å². The van der Waals surface area contributed by atoms with Crippen LogP contribution in [0.25, 0.3) is 10.9 Å². The second kappa shape index (κ2) is 6.75. The lowest BCUT2D eigenvalue weighted by Gasteiger charge is -2.21. The van der Waals surface area contributed by atoms with Crippen molar-refractivity contribution in [2.75, 3.05) is 11.9 Å². The molecule has 0 aliphatic carbocycles. The molecule has 132 valence electrons. The summed E-state index contributed by atoms with van der Waals surface area (Å²) in [6, 6.07) is 14.8. The first kappa shape index (κ1) is 16.5. The molecule has 26 heavy (non-hydrogen) atoms. The maximum atomic E-state index is 13.8. The maximum absolute atomic E-state index is 13.8. The Labute approximate surface area is 151 Å². The van der Waals surface area contributed by atoms with E-state index in [1.54, 1.807) is 18.0 Å². The van der Waals surface area contributed by atoms with Gasteiger partial charge in [0.05, 0.1) is 11.6 Å². The van der Waals surface area contributed by atoms with Gasteiger partial charge in [-0.05, 0) is 41.8 Å². The number of aromatic nitrogens is 1. The summed E-state index contributed by atoms with van der Waals surface area (Å²) in [5.41, 5.74) is 3.81. The number of halogens is 1. The normalized spacial score (nSPS) is 16.8. The van der Waals surface area contributed by atoms with Gasteiger partial charge in [0.15, 0.2) is 0 Å². The van der Waals surface area contributed by atoms with Gasteiger partial charge in [0, 0.05) is 37.3 Å². The highest BCUT2D eigenvalue weighted by atomic mass is 19.1. The van der Waals surface area contributed by atoms with E-state index < -0.39 is 0 Å². The number of carbonyl (C=O) groups excluding carboxylic acids is 1. The molecule has 4 nitrogen and oxygen atoms in total. The van der Waals surface area contributed by atoms with Crippen LogP contribution in [0.15, 0.2) is 54.7 Å². The predicted molar refractivity (Wildman–Crippen MR) is 100 cm³/mol. The highest BCUT2D eigenvalue weighted by Gasteiger charge is 2.24. The Morgan fingerprint density at radius 2 is 2.08 bits per heavy atom. The first-order valence-corrected chi connectivity index (χ1v) is 8.76. The molecule has 1 aliphatic rings. The van der Waals surface area contributed by atoms with E-state index in [1.807, 2.05) is 36.4 Å². The lowest BCUT2D eigenvalue weighted by molar-refractivity contribution is -0.129. The quantitative estimate of drug-likeness (QED) is 0.751. The number of carbonyl (C=O) groups is 1. The van der Waals surface area contributed by atoms with Crippen LogP contribution in [-0.4, -0.2) is 22.3 Å². The molecular weight excluding hydrogens is 329 g/mol. The van der Waals surface area contributed by atoms with Gasteiger partial charge < -0.3 is 10.2 Å². The number of hydrogen-bond donors (Lipinski definition) is 1. The van der Waals surface area contributed by atoms with Gasteiger partial charge in [0.2, 0.25) is 5.91 Å². The summed E-state index contributed by atoms with van der Waals surface area (Å²) < 4.78 is 13.8. The van der Waals surface area contributed by atoms with Crippen LogP contribution in [0, 0.1) is 5.82 Å². The Hall–Kier alpha value is -2.95. The van der Waals surface area contributed by atoms with Crippen LogP contribution in [0.5, 0.6) is 0 Å². The molecule has 0 saturated carbocycles. The molecule has 1 atom stereocenters. The van der Waals surface area contributed by atoms with Crippen LogP contribution in [0.2, 0.25) is 0 Å². The van der Waals surface area contributed by atoms with Crippen LogP contribution < -0.4 is 5.32 Å². The summed E-state index contributed by atoms with van der Waals surface area (Å²) in [5, 5.41) is 4.65. The molecule has 4 rings (SSSR count). The molecular formula is C21H20FN3O. The van der Waals surface area contributed by atoms with E-state index in [9.17, 15) is 9.18 Å². The van der Waals surface area contributed by atoms with Crippen LogP contribution in [-0.2, 0) is 11.3 Å². The number of hydrogen-bond acceptors (Lipinski definition) is 3. The van der Waals surface area contributed by atoms with Crippen molar-refractivity contribution in [2.45, 2.75) is 25.9 Å². The van der Waals surface area contributed by atoms with Gasteiger partial charge in [-0.3, -0.25) is 9.78 Å². The van der Waals surface area contributed by atoms with Gasteiger partial charge in [-0.2, -0.15) is 0 Å². The zero-order valence-corrected chi connectivity index (χ0v) is 14.6. The van der Waals surface area contributed by atoms with E-state index in [0.717, 1.165) is 34.1 Å². The third-order valence-corrected chi connectivity index (χ3v) is 4.95. The Morgan fingerprint density at radius 3 is 2.92 bits per heavy atom. The van der Waals surface area contributed by atoms with E-state index in [2.05, 4.69) is 10.3 Å². The van der Waals surface area contributed by atoms with Crippen molar-refractivity contribution < 1.29 is 9.18 Å². The largest absolute Gasteiger partial charge is 0.378 e. The number of fused-ring (bicyclic) bond motifs is 2. The molecule has 1 unspecified atom stereocenters. The Balaban J connectivity index is 1.73. The third kappa shape index (κ3) is 3.12. The number of anilines is 1. The smallest absolute Gasteiger partial charge is 0.219 e. The summed E-state index contributed by atoms with van der Waals surface area (Å²) in [6.45, 7) is 2.63. The molecule has 0 radical (unpaired) electrons. The van der Waals surface area contributed by atoms with Gasteiger partial charge in [-0.1, -0.05) is 24.3 Å². The first-order chi connectivity index (χ1) is 12.6. The van der Waals surface area contributed by atoms with Crippen molar-refractivity contribution in [3.8, 4) is 0 Å². The Morgan fingerprint density at radius 1 is 1.23 bits per heavy atom. The molecule has 2 aromatic carbocycles. The van der Waals surface area contributed by atoms with Crippen LogP contribution in [0.4, 0.5) is 10.1 Å². The molecule has 1 aliphatic heterocycles. The minimum Gasteiger partial charge on any atom is -0.378 e. The van der Waals surface area contributed by atoms with Gasteiger partial charge in [-0.15, -0.1) is 0 Å². The monoisotopic (exact) mass is 349 g/mol. The van der Waals surface area contributed by atoms with E-state index in [0.29, 0.717) is 13.1 Å². The molecule has 0 spiro atoms.